The molecular weight excluding hydrogens is 205 g/mol. The standard InChI is InChI=1S/C12H18FN3/c13-11-3-1-2-10(6-11)9-16-5-4-15-8-12(16)7-14/h1-3,6,12,15H,4-5,7-9,14H2. The molecule has 1 saturated heterocycles. The first-order valence-electron chi connectivity index (χ1n) is 5.69. The van der Waals surface area contributed by atoms with Crippen molar-refractivity contribution >= 4 is 0 Å². The summed E-state index contributed by atoms with van der Waals surface area (Å²) in [5.74, 6) is -0.170. The first kappa shape index (κ1) is 11.5. The first-order valence-corrected chi connectivity index (χ1v) is 5.69. The van der Waals surface area contributed by atoms with E-state index in [4.69, 9.17) is 5.73 Å². The van der Waals surface area contributed by atoms with Crippen molar-refractivity contribution < 1.29 is 4.39 Å². The van der Waals surface area contributed by atoms with E-state index in [-0.39, 0.29) is 5.82 Å². The number of nitrogens with zero attached hydrogens (tertiary/aromatic N) is 1. The third-order valence-electron chi connectivity index (χ3n) is 3.02. The molecule has 1 aromatic rings. The fraction of sp³-hybridized carbons (Fsp3) is 0.500. The highest BCUT2D eigenvalue weighted by molar-refractivity contribution is 5.16. The zero-order valence-electron chi connectivity index (χ0n) is 9.32. The molecule has 0 bridgehead atoms. The van der Waals surface area contributed by atoms with Gasteiger partial charge < -0.3 is 11.1 Å². The smallest absolute Gasteiger partial charge is 0.123 e. The average molecular weight is 223 g/mol. The van der Waals surface area contributed by atoms with Crippen LogP contribution < -0.4 is 11.1 Å². The van der Waals surface area contributed by atoms with Crippen LogP contribution in [0.4, 0.5) is 4.39 Å². The van der Waals surface area contributed by atoms with Crippen LogP contribution in [0.3, 0.4) is 0 Å². The average Bonchev–Trinajstić information content (AvgIpc) is 2.30. The quantitative estimate of drug-likeness (QED) is 0.786. The zero-order valence-corrected chi connectivity index (χ0v) is 9.32. The predicted molar refractivity (Wildman–Crippen MR) is 62.5 cm³/mol. The van der Waals surface area contributed by atoms with Gasteiger partial charge in [-0.25, -0.2) is 4.39 Å². The van der Waals surface area contributed by atoms with E-state index < -0.39 is 0 Å². The van der Waals surface area contributed by atoms with Gasteiger partial charge in [-0.3, -0.25) is 4.90 Å². The predicted octanol–water partition coefficient (Wildman–Crippen LogP) is 0.558. The van der Waals surface area contributed by atoms with Crippen molar-refractivity contribution in [1.29, 1.82) is 0 Å². The second kappa shape index (κ2) is 5.39. The molecule has 4 heteroatoms. The number of halogens is 1. The van der Waals surface area contributed by atoms with E-state index in [1.165, 1.54) is 6.07 Å². The Hall–Kier alpha value is -0.970. The van der Waals surface area contributed by atoms with Gasteiger partial charge in [0.05, 0.1) is 0 Å². The Morgan fingerprint density at radius 2 is 2.38 bits per heavy atom. The van der Waals surface area contributed by atoms with E-state index in [1.807, 2.05) is 6.07 Å². The van der Waals surface area contributed by atoms with Crippen LogP contribution in [-0.4, -0.2) is 37.1 Å². The molecule has 1 aromatic carbocycles. The van der Waals surface area contributed by atoms with Crippen molar-refractivity contribution in [1.82, 2.24) is 10.2 Å². The lowest BCUT2D eigenvalue weighted by molar-refractivity contribution is 0.157. The van der Waals surface area contributed by atoms with E-state index in [2.05, 4.69) is 10.2 Å². The fourth-order valence-electron chi connectivity index (χ4n) is 2.11. The molecule has 0 spiro atoms. The van der Waals surface area contributed by atoms with Crippen LogP contribution in [0.1, 0.15) is 5.56 Å². The van der Waals surface area contributed by atoms with Crippen LogP contribution >= 0.6 is 0 Å². The lowest BCUT2D eigenvalue weighted by atomic mass is 10.1. The summed E-state index contributed by atoms with van der Waals surface area (Å²) < 4.78 is 13.0. The summed E-state index contributed by atoms with van der Waals surface area (Å²) in [6.07, 6.45) is 0. The minimum Gasteiger partial charge on any atom is -0.329 e. The van der Waals surface area contributed by atoms with Gasteiger partial charge in [0, 0.05) is 38.8 Å². The number of rotatable bonds is 3. The summed E-state index contributed by atoms with van der Waals surface area (Å²) >= 11 is 0. The Balaban J connectivity index is 2.02. The topological polar surface area (TPSA) is 41.3 Å². The molecular formula is C12H18FN3. The van der Waals surface area contributed by atoms with Crippen LogP contribution in [0.15, 0.2) is 24.3 Å². The van der Waals surface area contributed by atoms with Crippen LogP contribution in [-0.2, 0) is 6.54 Å². The number of benzene rings is 1. The summed E-state index contributed by atoms with van der Waals surface area (Å²) in [6.45, 7) is 4.29. The lowest BCUT2D eigenvalue weighted by Crippen LogP contribution is -2.53. The van der Waals surface area contributed by atoms with Gasteiger partial charge in [0.2, 0.25) is 0 Å². The minimum atomic E-state index is -0.170. The molecule has 0 radical (unpaired) electrons. The van der Waals surface area contributed by atoms with Gasteiger partial charge in [-0.15, -0.1) is 0 Å². The molecule has 0 saturated carbocycles. The molecule has 3 nitrogen and oxygen atoms in total. The zero-order chi connectivity index (χ0) is 11.4. The van der Waals surface area contributed by atoms with Crippen molar-refractivity contribution in [3.63, 3.8) is 0 Å². The molecule has 1 fully saturated rings. The summed E-state index contributed by atoms with van der Waals surface area (Å²) in [4.78, 5) is 2.31. The molecule has 3 N–H and O–H groups in total. The first-order chi connectivity index (χ1) is 7.79. The molecule has 1 aliphatic heterocycles. The highest BCUT2D eigenvalue weighted by atomic mass is 19.1. The summed E-state index contributed by atoms with van der Waals surface area (Å²) in [7, 11) is 0. The molecule has 0 amide bonds. The lowest BCUT2D eigenvalue weighted by Gasteiger charge is -2.35. The fourth-order valence-corrected chi connectivity index (χ4v) is 2.11. The van der Waals surface area contributed by atoms with E-state index in [9.17, 15) is 4.39 Å². The number of hydrogen-bond acceptors (Lipinski definition) is 3. The van der Waals surface area contributed by atoms with E-state index >= 15 is 0 Å². The van der Waals surface area contributed by atoms with Gasteiger partial charge in [0.15, 0.2) is 0 Å². The van der Waals surface area contributed by atoms with Crippen molar-refractivity contribution in [2.75, 3.05) is 26.2 Å². The van der Waals surface area contributed by atoms with Crippen molar-refractivity contribution in [2.24, 2.45) is 5.73 Å². The maximum absolute atomic E-state index is 13.0. The molecule has 1 atom stereocenters. The summed E-state index contributed by atoms with van der Waals surface area (Å²) in [6, 6.07) is 7.14. The molecule has 2 rings (SSSR count). The van der Waals surface area contributed by atoms with Gasteiger partial charge in [-0.1, -0.05) is 12.1 Å². The van der Waals surface area contributed by atoms with Gasteiger partial charge >= 0.3 is 0 Å². The van der Waals surface area contributed by atoms with E-state index in [0.717, 1.165) is 31.7 Å². The van der Waals surface area contributed by atoms with E-state index in [0.29, 0.717) is 12.6 Å². The monoisotopic (exact) mass is 223 g/mol. The Bertz CT molecular complexity index is 343. The maximum atomic E-state index is 13.0. The van der Waals surface area contributed by atoms with Crippen LogP contribution in [0, 0.1) is 5.82 Å². The van der Waals surface area contributed by atoms with Gasteiger partial charge in [-0.05, 0) is 17.7 Å². The molecule has 1 unspecified atom stereocenters. The number of hydrogen-bond donors (Lipinski definition) is 2. The summed E-state index contributed by atoms with van der Waals surface area (Å²) in [5.41, 5.74) is 6.74. The number of piperazine rings is 1. The van der Waals surface area contributed by atoms with Crippen LogP contribution in [0.5, 0.6) is 0 Å². The number of nitrogens with two attached hydrogens (primary N) is 1. The SMILES string of the molecule is NCC1CNCCN1Cc1cccc(F)c1. The third kappa shape index (κ3) is 2.78. The Morgan fingerprint density at radius 1 is 1.50 bits per heavy atom. The molecule has 88 valence electrons. The Labute approximate surface area is 95.4 Å². The molecule has 0 aromatic heterocycles. The Kier molecular flexibility index (Phi) is 3.88. The second-order valence-corrected chi connectivity index (χ2v) is 4.19. The van der Waals surface area contributed by atoms with E-state index in [1.54, 1.807) is 12.1 Å². The van der Waals surface area contributed by atoms with Crippen molar-refractivity contribution in [3.05, 3.63) is 35.6 Å². The van der Waals surface area contributed by atoms with Crippen LogP contribution in [0.2, 0.25) is 0 Å². The van der Waals surface area contributed by atoms with Gasteiger partial charge in [-0.2, -0.15) is 0 Å². The van der Waals surface area contributed by atoms with Gasteiger partial charge in [0.1, 0.15) is 5.82 Å². The molecule has 1 aliphatic rings. The summed E-state index contributed by atoms with van der Waals surface area (Å²) in [5, 5.41) is 3.32. The Morgan fingerprint density at radius 3 is 3.12 bits per heavy atom. The molecule has 1 heterocycles. The third-order valence-corrected chi connectivity index (χ3v) is 3.02. The minimum absolute atomic E-state index is 0.170. The maximum Gasteiger partial charge on any atom is 0.123 e. The number of nitrogens with one attached hydrogen (secondary N) is 1. The van der Waals surface area contributed by atoms with Gasteiger partial charge in [0.25, 0.3) is 0 Å². The normalized spacial score (nSPS) is 22.2. The second-order valence-electron chi connectivity index (χ2n) is 4.19. The van der Waals surface area contributed by atoms with Crippen LogP contribution in [0.25, 0.3) is 0 Å². The molecule has 16 heavy (non-hydrogen) atoms. The highest BCUT2D eigenvalue weighted by Gasteiger charge is 2.20. The molecule has 0 aliphatic carbocycles. The van der Waals surface area contributed by atoms with Crippen molar-refractivity contribution in [2.45, 2.75) is 12.6 Å². The largest absolute Gasteiger partial charge is 0.329 e. The van der Waals surface area contributed by atoms with Crippen molar-refractivity contribution in [3.8, 4) is 0 Å². The highest BCUT2D eigenvalue weighted by Crippen LogP contribution is 2.11.